The van der Waals surface area contributed by atoms with E-state index in [1.165, 1.54) is 11.8 Å². The molecule has 150 valence electrons. The fourth-order valence-corrected chi connectivity index (χ4v) is 3.89. The van der Waals surface area contributed by atoms with Crippen molar-refractivity contribution in [1.82, 2.24) is 20.2 Å². The van der Waals surface area contributed by atoms with Crippen molar-refractivity contribution in [1.29, 1.82) is 0 Å². The van der Waals surface area contributed by atoms with Gasteiger partial charge in [-0.2, -0.15) is 4.68 Å². The van der Waals surface area contributed by atoms with E-state index >= 15 is 0 Å². The highest BCUT2D eigenvalue weighted by Crippen LogP contribution is 2.29. The second-order valence-corrected chi connectivity index (χ2v) is 8.18. The van der Waals surface area contributed by atoms with Gasteiger partial charge in [0.1, 0.15) is 0 Å². The number of nitrogens with zero attached hydrogens (tertiary/aromatic N) is 4. The highest BCUT2D eigenvalue weighted by Gasteiger charge is 2.20. The molecular formula is C23H21N5OS. The highest BCUT2D eigenvalue weighted by atomic mass is 32.2. The standard InChI is InChI=1S/C23H21N5OS/c1-16-9-8-12-19(15-16)28-23(25-26-27-28)30-17(2)22(29)24-21-14-7-6-13-20(21)18-10-4-3-5-11-18/h3-15,17H,1-2H3,(H,24,29). The van der Waals surface area contributed by atoms with Crippen LogP contribution in [0, 0.1) is 6.92 Å². The summed E-state index contributed by atoms with van der Waals surface area (Å²) in [6.45, 7) is 3.86. The Morgan fingerprint density at radius 2 is 1.77 bits per heavy atom. The lowest BCUT2D eigenvalue weighted by Gasteiger charge is -2.15. The topological polar surface area (TPSA) is 72.7 Å². The zero-order valence-corrected chi connectivity index (χ0v) is 17.5. The minimum atomic E-state index is -0.386. The Bertz CT molecular complexity index is 1160. The maximum Gasteiger partial charge on any atom is 0.237 e. The number of carbonyl (C=O) groups is 1. The summed E-state index contributed by atoms with van der Waals surface area (Å²) in [7, 11) is 0. The van der Waals surface area contributed by atoms with Crippen molar-refractivity contribution >= 4 is 23.4 Å². The molecule has 1 aromatic heterocycles. The molecule has 1 atom stereocenters. The van der Waals surface area contributed by atoms with Crippen molar-refractivity contribution < 1.29 is 4.79 Å². The van der Waals surface area contributed by atoms with E-state index in [1.54, 1.807) is 4.68 Å². The van der Waals surface area contributed by atoms with Gasteiger partial charge in [-0.1, -0.05) is 72.4 Å². The lowest BCUT2D eigenvalue weighted by Crippen LogP contribution is -2.23. The van der Waals surface area contributed by atoms with E-state index in [0.717, 1.165) is 28.1 Å². The van der Waals surface area contributed by atoms with E-state index in [9.17, 15) is 4.79 Å². The van der Waals surface area contributed by atoms with Gasteiger partial charge >= 0.3 is 0 Å². The number of amides is 1. The predicted molar refractivity (Wildman–Crippen MR) is 120 cm³/mol. The number of tetrazole rings is 1. The molecule has 3 aromatic carbocycles. The average molecular weight is 416 g/mol. The molecule has 0 saturated heterocycles. The molecule has 0 aliphatic heterocycles. The number of anilines is 1. The van der Waals surface area contributed by atoms with E-state index in [1.807, 2.05) is 92.7 Å². The molecule has 1 unspecified atom stereocenters. The van der Waals surface area contributed by atoms with E-state index < -0.39 is 0 Å². The van der Waals surface area contributed by atoms with Crippen LogP contribution in [0.3, 0.4) is 0 Å². The van der Waals surface area contributed by atoms with Crippen LogP contribution in [0.25, 0.3) is 16.8 Å². The molecule has 0 fully saturated rings. The Morgan fingerprint density at radius 3 is 2.57 bits per heavy atom. The molecule has 0 bridgehead atoms. The first kappa shape index (κ1) is 19.8. The monoisotopic (exact) mass is 415 g/mol. The molecule has 0 aliphatic carbocycles. The van der Waals surface area contributed by atoms with E-state index in [2.05, 4.69) is 20.8 Å². The summed E-state index contributed by atoms with van der Waals surface area (Å²) in [5.41, 5.74) is 4.79. The van der Waals surface area contributed by atoms with Crippen molar-refractivity contribution in [2.75, 3.05) is 5.32 Å². The molecule has 1 N–H and O–H groups in total. The average Bonchev–Trinajstić information content (AvgIpc) is 3.23. The van der Waals surface area contributed by atoms with Gasteiger partial charge in [-0.25, -0.2) is 0 Å². The molecule has 4 rings (SSSR count). The molecule has 1 heterocycles. The first-order valence-corrected chi connectivity index (χ1v) is 10.5. The van der Waals surface area contributed by atoms with Crippen LogP contribution in [0.1, 0.15) is 12.5 Å². The fourth-order valence-electron chi connectivity index (χ4n) is 3.08. The van der Waals surface area contributed by atoms with Gasteiger partial charge in [-0.05, 0) is 53.6 Å². The molecule has 0 spiro atoms. The SMILES string of the molecule is Cc1cccc(-n2nnnc2SC(C)C(=O)Nc2ccccc2-c2ccccc2)c1. The van der Waals surface area contributed by atoms with Crippen LogP contribution in [-0.2, 0) is 4.79 Å². The Labute approximate surface area is 179 Å². The first-order chi connectivity index (χ1) is 14.6. The predicted octanol–water partition coefficient (Wildman–Crippen LogP) is 4.76. The van der Waals surface area contributed by atoms with Crippen LogP contribution in [0.2, 0.25) is 0 Å². The normalized spacial score (nSPS) is 11.8. The lowest BCUT2D eigenvalue weighted by atomic mass is 10.0. The first-order valence-electron chi connectivity index (χ1n) is 9.59. The van der Waals surface area contributed by atoms with Crippen molar-refractivity contribution in [2.45, 2.75) is 24.3 Å². The number of benzene rings is 3. The molecule has 0 radical (unpaired) electrons. The fraction of sp³-hybridized carbons (Fsp3) is 0.130. The number of hydrogen-bond acceptors (Lipinski definition) is 5. The molecular weight excluding hydrogens is 394 g/mol. The second kappa shape index (κ2) is 8.92. The van der Waals surface area contributed by atoms with Crippen LogP contribution in [0.15, 0.2) is 84.0 Å². The van der Waals surface area contributed by atoms with E-state index in [0.29, 0.717) is 5.16 Å². The van der Waals surface area contributed by atoms with E-state index in [-0.39, 0.29) is 11.2 Å². The van der Waals surface area contributed by atoms with E-state index in [4.69, 9.17) is 0 Å². The molecule has 1 amide bonds. The Kier molecular flexibility index (Phi) is 5.90. The Morgan fingerprint density at radius 1 is 1.00 bits per heavy atom. The zero-order valence-electron chi connectivity index (χ0n) is 16.7. The number of thioether (sulfide) groups is 1. The molecule has 0 saturated carbocycles. The molecule has 4 aromatic rings. The van der Waals surface area contributed by atoms with Crippen molar-refractivity contribution in [3.05, 3.63) is 84.4 Å². The summed E-state index contributed by atoms with van der Waals surface area (Å²) < 4.78 is 1.65. The zero-order chi connectivity index (χ0) is 20.9. The summed E-state index contributed by atoms with van der Waals surface area (Å²) in [5, 5.41) is 15.2. The van der Waals surface area contributed by atoms with Crippen LogP contribution >= 0.6 is 11.8 Å². The van der Waals surface area contributed by atoms with Gasteiger partial charge < -0.3 is 5.32 Å². The van der Waals surface area contributed by atoms with Gasteiger partial charge in [0.15, 0.2) is 0 Å². The van der Waals surface area contributed by atoms with Crippen molar-refractivity contribution in [2.24, 2.45) is 0 Å². The maximum atomic E-state index is 12.9. The Balaban J connectivity index is 1.51. The largest absolute Gasteiger partial charge is 0.325 e. The number of para-hydroxylation sites is 1. The molecule has 0 aliphatic rings. The summed E-state index contributed by atoms with van der Waals surface area (Å²) in [4.78, 5) is 12.9. The van der Waals surface area contributed by atoms with Crippen molar-refractivity contribution in [3.8, 4) is 16.8 Å². The molecule has 6 nitrogen and oxygen atoms in total. The van der Waals surface area contributed by atoms with Crippen molar-refractivity contribution in [3.63, 3.8) is 0 Å². The number of carbonyl (C=O) groups excluding carboxylic acids is 1. The van der Waals surface area contributed by atoms with Crippen LogP contribution in [0.5, 0.6) is 0 Å². The highest BCUT2D eigenvalue weighted by molar-refractivity contribution is 8.00. The number of nitrogens with one attached hydrogen (secondary N) is 1. The van der Waals surface area contributed by atoms with Gasteiger partial charge in [-0.15, -0.1) is 5.10 Å². The van der Waals surface area contributed by atoms with Gasteiger partial charge in [0.25, 0.3) is 0 Å². The Hall–Kier alpha value is -3.45. The number of hydrogen-bond donors (Lipinski definition) is 1. The summed E-state index contributed by atoms with van der Waals surface area (Å²) >= 11 is 1.32. The van der Waals surface area contributed by atoms with Gasteiger partial charge in [0.05, 0.1) is 10.9 Å². The lowest BCUT2D eigenvalue weighted by molar-refractivity contribution is -0.115. The van der Waals surface area contributed by atoms with Gasteiger partial charge in [0, 0.05) is 11.3 Å². The minimum Gasteiger partial charge on any atom is -0.325 e. The summed E-state index contributed by atoms with van der Waals surface area (Å²) in [6.07, 6.45) is 0. The third-order valence-electron chi connectivity index (χ3n) is 4.61. The summed E-state index contributed by atoms with van der Waals surface area (Å²) in [6, 6.07) is 25.7. The van der Waals surface area contributed by atoms with Crippen LogP contribution < -0.4 is 5.32 Å². The number of aromatic nitrogens is 4. The molecule has 7 heteroatoms. The summed E-state index contributed by atoms with van der Waals surface area (Å²) in [5.74, 6) is -0.109. The quantitative estimate of drug-likeness (QED) is 0.460. The third kappa shape index (κ3) is 4.41. The van der Waals surface area contributed by atoms with Crippen LogP contribution in [-0.4, -0.2) is 31.4 Å². The number of aryl methyl sites for hydroxylation is 1. The second-order valence-electron chi connectivity index (χ2n) is 6.87. The number of rotatable bonds is 6. The third-order valence-corrected chi connectivity index (χ3v) is 5.64. The molecule has 30 heavy (non-hydrogen) atoms. The smallest absolute Gasteiger partial charge is 0.237 e. The van der Waals surface area contributed by atoms with Gasteiger partial charge in [0.2, 0.25) is 11.1 Å². The van der Waals surface area contributed by atoms with Gasteiger partial charge in [-0.3, -0.25) is 4.79 Å². The minimum absolute atomic E-state index is 0.109. The maximum absolute atomic E-state index is 12.9. The van der Waals surface area contributed by atoms with Crippen LogP contribution in [0.4, 0.5) is 5.69 Å².